The number of ether oxygens (including phenoxy) is 3. The number of halogens is 3. The van der Waals surface area contributed by atoms with Crippen molar-refractivity contribution in [3.05, 3.63) is 23.8 Å². The molecule has 7 nitrogen and oxygen atoms in total. The van der Waals surface area contributed by atoms with Crippen molar-refractivity contribution in [2.24, 2.45) is 46.3 Å². The standard InChI is InChI=1S/C33H45F3O7/c1-17(2)21-8-7-18(3)11-26(21)42-29(40)43-33(28(39)41-16-34)19(4)12-22-23-14-25(35)24-13-20(37)9-10-30(24,5)32(23,36)27(38)15-31(22,33)6/h9-10,13,17-19,21-23,25-27,38H,7-8,11-12,14-16H2,1-6H3/t18-,19-,21+,22+,23+,25+,26?,27+,30+,31+,32+,33+/m1/s1. The number of allylic oxidation sites excluding steroid dienone is 4. The predicted molar refractivity (Wildman–Crippen MR) is 151 cm³/mol. The first kappa shape index (κ1) is 32.0. The Bertz CT molecular complexity index is 1220. The smallest absolute Gasteiger partial charge is 0.431 e. The molecule has 0 aromatic carbocycles. The van der Waals surface area contributed by atoms with Gasteiger partial charge in [-0.1, -0.05) is 47.1 Å². The van der Waals surface area contributed by atoms with E-state index < -0.39 is 83.0 Å². The van der Waals surface area contributed by atoms with Gasteiger partial charge in [0.2, 0.25) is 12.5 Å². The Balaban J connectivity index is 1.53. The second kappa shape index (κ2) is 10.9. The number of rotatable bonds is 5. The van der Waals surface area contributed by atoms with Crippen LogP contribution in [0.15, 0.2) is 23.8 Å². The minimum Gasteiger partial charge on any atom is -0.431 e. The molecule has 4 fully saturated rings. The Kier molecular flexibility index (Phi) is 8.13. The van der Waals surface area contributed by atoms with Crippen LogP contribution in [0.3, 0.4) is 0 Å². The highest BCUT2D eigenvalue weighted by molar-refractivity contribution is 6.01. The van der Waals surface area contributed by atoms with E-state index in [1.54, 1.807) is 13.8 Å². The van der Waals surface area contributed by atoms with Crippen molar-refractivity contribution >= 4 is 17.9 Å². The zero-order valence-electron chi connectivity index (χ0n) is 25.9. The third-order valence-corrected chi connectivity index (χ3v) is 12.1. The van der Waals surface area contributed by atoms with Crippen LogP contribution in [0, 0.1) is 46.3 Å². The molecule has 5 aliphatic rings. The highest BCUT2D eigenvalue weighted by atomic mass is 19.1. The molecule has 0 spiro atoms. The van der Waals surface area contributed by atoms with Gasteiger partial charge in [0.25, 0.3) is 0 Å². The topological polar surface area (TPSA) is 99.1 Å². The average Bonchev–Trinajstić information content (AvgIpc) is 3.13. The quantitative estimate of drug-likeness (QED) is 0.361. The molecule has 0 amide bonds. The number of hydrogen-bond donors (Lipinski definition) is 1. The van der Waals surface area contributed by atoms with Crippen molar-refractivity contribution in [3.63, 3.8) is 0 Å². The second-order valence-electron chi connectivity index (χ2n) is 14.6. The molecule has 0 aromatic rings. The van der Waals surface area contributed by atoms with Crippen LogP contribution in [0.5, 0.6) is 0 Å². The number of esters is 1. The minimum absolute atomic E-state index is 0.0169. The van der Waals surface area contributed by atoms with Crippen LogP contribution in [0.1, 0.15) is 80.1 Å². The first-order valence-corrected chi connectivity index (χ1v) is 15.7. The maximum atomic E-state index is 17.6. The molecule has 1 N–H and O–H groups in total. The zero-order chi connectivity index (χ0) is 31.7. The lowest BCUT2D eigenvalue weighted by molar-refractivity contribution is -0.236. The molecule has 0 saturated heterocycles. The number of carbonyl (C=O) groups excluding carboxylic acids is 3. The summed E-state index contributed by atoms with van der Waals surface area (Å²) < 4.78 is 63.7. The van der Waals surface area contributed by atoms with E-state index in [9.17, 15) is 23.9 Å². The molecule has 5 rings (SSSR count). The molecular formula is C33H45F3O7. The first-order valence-electron chi connectivity index (χ1n) is 15.7. The molecule has 4 saturated carbocycles. The lowest BCUT2D eigenvalue weighted by Gasteiger charge is -2.62. The summed E-state index contributed by atoms with van der Waals surface area (Å²) in [6, 6.07) is 0. The lowest BCUT2D eigenvalue weighted by Crippen LogP contribution is -2.71. The second-order valence-corrected chi connectivity index (χ2v) is 14.6. The van der Waals surface area contributed by atoms with Crippen molar-refractivity contribution in [3.8, 4) is 0 Å². The van der Waals surface area contributed by atoms with E-state index in [-0.39, 0.29) is 36.7 Å². The van der Waals surface area contributed by atoms with Crippen LogP contribution in [0.25, 0.3) is 0 Å². The molecule has 1 unspecified atom stereocenters. The number of fused-ring (bicyclic) bond motifs is 5. The number of aliphatic hydroxyl groups excluding tert-OH is 1. The van der Waals surface area contributed by atoms with Crippen LogP contribution >= 0.6 is 0 Å². The zero-order valence-corrected chi connectivity index (χ0v) is 25.9. The summed E-state index contributed by atoms with van der Waals surface area (Å²) in [4.78, 5) is 39.4. The molecule has 0 radical (unpaired) electrons. The molecule has 0 heterocycles. The van der Waals surface area contributed by atoms with Gasteiger partial charge in [0.05, 0.1) is 6.10 Å². The summed E-state index contributed by atoms with van der Waals surface area (Å²) in [5, 5.41) is 11.6. The number of ketones is 1. The third kappa shape index (κ3) is 4.51. The fourth-order valence-electron chi connectivity index (χ4n) is 9.90. The van der Waals surface area contributed by atoms with Crippen molar-refractivity contribution < 1.29 is 46.9 Å². The number of aliphatic hydroxyl groups is 1. The molecule has 0 aromatic heterocycles. The highest BCUT2D eigenvalue weighted by Gasteiger charge is 2.79. The molecule has 240 valence electrons. The average molecular weight is 611 g/mol. The fourth-order valence-corrected chi connectivity index (χ4v) is 9.90. The summed E-state index contributed by atoms with van der Waals surface area (Å²) in [7, 11) is 0. The number of carbonyl (C=O) groups is 3. The van der Waals surface area contributed by atoms with E-state index in [4.69, 9.17) is 14.2 Å². The Morgan fingerprint density at radius 3 is 2.47 bits per heavy atom. The molecule has 10 heteroatoms. The number of hydrogen-bond acceptors (Lipinski definition) is 7. The molecule has 0 aliphatic heterocycles. The lowest BCUT2D eigenvalue weighted by atomic mass is 9.44. The molecule has 5 aliphatic carbocycles. The Labute approximate surface area is 251 Å². The van der Waals surface area contributed by atoms with Crippen molar-refractivity contribution in [2.75, 3.05) is 6.86 Å². The van der Waals surface area contributed by atoms with Crippen molar-refractivity contribution in [1.82, 2.24) is 0 Å². The molecule has 43 heavy (non-hydrogen) atoms. The van der Waals surface area contributed by atoms with E-state index >= 15 is 8.78 Å². The van der Waals surface area contributed by atoms with Gasteiger partial charge in [-0.3, -0.25) is 4.79 Å². The Hall–Kier alpha value is -2.36. The van der Waals surface area contributed by atoms with Crippen molar-refractivity contribution in [1.29, 1.82) is 0 Å². The first-order chi connectivity index (χ1) is 20.1. The van der Waals surface area contributed by atoms with Gasteiger partial charge >= 0.3 is 12.1 Å². The minimum atomic E-state index is -2.38. The Morgan fingerprint density at radius 1 is 1.12 bits per heavy atom. The van der Waals surface area contributed by atoms with Gasteiger partial charge in [-0.05, 0) is 80.4 Å². The van der Waals surface area contributed by atoms with Gasteiger partial charge in [0.15, 0.2) is 11.5 Å². The highest BCUT2D eigenvalue weighted by Crippen LogP contribution is 2.71. The normalized spacial score (nSPS) is 47.2. The largest absolute Gasteiger partial charge is 0.509 e. The van der Waals surface area contributed by atoms with E-state index in [1.165, 1.54) is 19.1 Å². The van der Waals surface area contributed by atoms with Crippen LogP contribution in [0.2, 0.25) is 0 Å². The molecular weight excluding hydrogens is 565 g/mol. The summed E-state index contributed by atoms with van der Waals surface area (Å²) in [5.41, 5.74) is -7.57. The van der Waals surface area contributed by atoms with Gasteiger partial charge in [0.1, 0.15) is 12.3 Å². The van der Waals surface area contributed by atoms with Crippen LogP contribution in [-0.4, -0.2) is 59.5 Å². The summed E-state index contributed by atoms with van der Waals surface area (Å²) in [6.07, 6.45) is 0.638. The van der Waals surface area contributed by atoms with Crippen LogP contribution < -0.4 is 0 Å². The van der Waals surface area contributed by atoms with E-state index in [1.807, 2.05) is 0 Å². The maximum absolute atomic E-state index is 17.6. The van der Waals surface area contributed by atoms with Gasteiger partial charge in [-0.25, -0.2) is 22.8 Å². The van der Waals surface area contributed by atoms with Crippen LogP contribution in [-0.2, 0) is 23.8 Å². The number of alkyl halides is 3. The summed E-state index contributed by atoms with van der Waals surface area (Å²) in [6.45, 7) is 9.46. The third-order valence-electron chi connectivity index (χ3n) is 12.1. The SMILES string of the molecule is CC(C)[C@@H]1CC[C@@H](C)CC1OC(=O)O[C@]1(C(=O)OCF)[C@H](C)C[C@H]2[C@@H]3C[C@H](F)C4=CC(=O)C=C[C@]4(C)[C@@]3(F)[C@@H](O)C[C@@]21C. The molecule has 0 bridgehead atoms. The van der Waals surface area contributed by atoms with E-state index in [0.717, 1.165) is 18.9 Å². The Morgan fingerprint density at radius 2 is 1.81 bits per heavy atom. The maximum Gasteiger partial charge on any atom is 0.509 e. The summed E-state index contributed by atoms with van der Waals surface area (Å²) >= 11 is 0. The fraction of sp³-hybridized carbons (Fsp3) is 0.788. The van der Waals surface area contributed by atoms with E-state index in [2.05, 4.69) is 20.8 Å². The van der Waals surface area contributed by atoms with Gasteiger partial charge in [0, 0.05) is 22.7 Å². The molecule has 12 atom stereocenters. The van der Waals surface area contributed by atoms with Gasteiger partial charge in [-0.2, -0.15) is 0 Å². The predicted octanol–water partition coefficient (Wildman–Crippen LogP) is 6.37. The monoisotopic (exact) mass is 610 g/mol. The van der Waals surface area contributed by atoms with Gasteiger partial charge < -0.3 is 19.3 Å². The van der Waals surface area contributed by atoms with Gasteiger partial charge in [-0.15, -0.1) is 0 Å². The summed E-state index contributed by atoms with van der Waals surface area (Å²) in [5.74, 6) is -3.59. The van der Waals surface area contributed by atoms with Crippen molar-refractivity contribution in [2.45, 2.75) is 110 Å². The van der Waals surface area contributed by atoms with E-state index in [0.29, 0.717) is 12.3 Å². The van der Waals surface area contributed by atoms with Crippen LogP contribution in [0.4, 0.5) is 18.0 Å².